The number of nitrogen functional groups attached to an aromatic ring is 1. The van der Waals surface area contributed by atoms with Gasteiger partial charge in [0.1, 0.15) is 5.01 Å². The minimum Gasteiger partial charge on any atom is -0.374 e. The van der Waals surface area contributed by atoms with Crippen LogP contribution in [0.1, 0.15) is 15.4 Å². The molecule has 9 nitrogen and oxygen atoms in total. The summed E-state index contributed by atoms with van der Waals surface area (Å²) in [7, 11) is 0. The lowest BCUT2D eigenvalue weighted by molar-refractivity contribution is 0.100. The number of thioether (sulfide) groups is 1. The molecule has 0 spiro atoms. The molecule has 3 rings (SSSR count). The first-order valence-electron chi connectivity index (χ1n) is 6.03. The van der Waals surface area contributed by atoms with Crippen LogP contribution in [-0.2, 0) is 5.75 Å². The van der Waals surface area contributed by atoms with Crippen LogP contribution in [0.4, 0.5) is 5.13 Å². The molecule has 2 aromatic heterocycles. The Morgan fingerprint density at radius 3 is 2.64 bits per heavy atom. The normalized spacial score (nSPS) is 10.7. The summed E-state index contributed by atoms with van der Waals surface area (Å²) in [6, 6.07) is 6.70. The molecule has 22 heavy (non-hydrogen) atoms. The van der Waals surface area contributed by atoms with Crippen LogP contribution >= 0.6 is 23.1 Å². The lowest BCUT2D eigenvalue weighted by Crippen LogP contribution is -2.10. The van der Waals surface area contributed by atoms with Gasteiger partial charge in [0, 0.05) is 5.56 Å². The van der Waals surface area contributed by atoms with Crippen molar-refractivity contribution >= 4 is 34.1 Å². The van der Waals surface area contributed by atoms with Crippen LogP contribution in [0.3, 0.4) is 0 Å². The second kappa shape index (κ2) is 6.07. The van der Waals surface area contributed by atoms with Crippen LogP contribution in [0.25, 0.3) is 5.69 Å². The first-order valence-corrected chi connectivity index (χ1v) is 7.83. The average Bonchev–Trinajstić information content (AvgIpc) is 3.14. The van der Waals surface area contributed by atoms with E-state index in [0.29, 0.717) is 21.6 Å². The van der Waals surface area contributed by atoms with Crippen molar-refractivity contribution in [3.05, 3.63) is 34.8 Å². The van der Waals surface area contributed by atoms with Crippen LogP contribution in [0.15, 0.2) is 29.4 Å². The fourth-order valence-electron chi connectivity index (χ4n) is 1.65. The third-order valence-electron chi connectivity index (χ3n) is 2.64. The fourth-order valence-corrected chi connectivity index (χ4v) is 3.14. The fraction of sp³-hybridized carbons (Fsp3) is 0.0909. The standard InChI is InChI=1S/C11H10N8OS2/c12-9(20)6-1-3-7(4-2-6)19-11(16-17-18-19)21-5-8-14-15-10(13)22-8/h1-4H,5H2,(H2,12,20)(H2,13,15). The molecule has 2 heterocycles. The zero-order valence-corrected chi connectivity index (χ0v) is 12.7. The van der Waals surface area contributed by atoms with Gasteiger partial charge >= 0.3 is 0 Å². The first kappa shape index (κ1) is 14.4. The Morgan fingerprint density at radius 2 is 2.00 bits per heavy atom. The zero-order valence-electron chi connectivity index (χ0n) is 11.1. The van der Waals surface area contributed by atoms with E-state index in [1.807, 2.05) is 0 Å². The van der Waals surface area contributed by atoms with E-state index in [1.165, 1.54) is 23.1 Å². The highest BCUT2D eigenvalue weighted by Crippen LogP contribution is 2.24. The maximum atomic E-state index is 11.1. The van der Waals surface area contributed by atoms with Gasteiger partial charge in [0.25, 0.3) is 0 Å². The Bertz CT molecular complexity index is 797. The van der Waals surface area contributed by atoms with Crippen molar-refractivity contribution in [3.63, 3.8) is 0 Å². The van der Waals surface area contributed by atoms with Crippen LogP contribution in [-0.4, -0.2) is 36.3 Å². The van der Waals surface area contributed by atoms with E-state index in [0.717, 1.165) is 10.7 Å². The summed E-state index contributed by atoms with van der Waals surface area (Å²) in [4.78, 5) is 11.1. The van der Waals surface area contributed by atoms with E-state index in [2.05, 4.69) is 25.7 Å². The predicted octanol–water partition coefficient (Wildman–Crippen LogP) is 0.487. The van der Waals surface area contributed by atoms with E-state index in [4.69, 9.17) is 11.5 Å². The molecule has 0 radical (unpaired) electrons. The number of tetrazole rings is 1. The summed E-state index contributed by atoms with van der Waals surface area (Å²) >= 11 is 2.73. The lowest BCUT2D eigenvalue weighted by atomic mass is 10.2. The van der Waals surface area contributed by atoms with Crippen molar-refractivity contribution in [2.75, 3.05) is 5.73 Å². The van der Waals surface area contributed by atoms with Gasteiger partial charge in [-0.2, -0.15) is 4.68 Å². The Hall–Kier alpha value is -2.53. The third-order valence-corrected chi connectivity index (χ3v) is 4.51. The second-order valence-electron chi connectivity index (χ2n) is 4.11. The minimum absolute atomic E-state index is 0.426. The zero-order chi connectivity index (χ0) is 15.5. The van der Waals surface area contributed by atoms with E-state index in [1.54, 1.807) is 28.9 Å². The molecular formula is C11H10N8OS2. The van der Waals surface area contributed by atoms with Gasteiger partial charge in [0.15, 0.2) is 0 Å². The average molecular weight is 334 g/mol. The number of primary amides is 1. The van der Waals surface area contributed by atoms with Gasteiger partial charge in [-0.15, -0.1) is 15.3 Å². The Balaban J connectivity index is 1.78. The Morgan fingerprint density at radius 1 is 1.23 bits per heavy atom. The molecule has 0 aliphatic carbocycles. The lowest BCUT2D eigenvalue weighted by Gasteiger charge is -2.04. The highest BCUT2D eigenvalue weighted by Gasteiger charge is 2.11. The highest BCUT2D eigenvalue weighted by atomic mass is 32.2. The van der Waals surface area contributed by atoms with Crippen LogP contribution in [0.2, 0.25) is 0 Å². The summed E-state index contributed by atoms with van der Waals surface area (Å²) in [5.74, 6) is 0.0842. The van der Waals surface area contributed by atoms with Gasteiger partial charge < -0.3 is 11.5 Å². The van der Waals surface area contributed by atoms with E-state index < -0.39 is 5.91 Å². The van der Waals surface area contributed by atoms with Crippen molar-refractivity contribution in [3.8, 4) is 5.69 Å². The number of hydrogen-bond donors (Lipinski definition) is 2. The number of rotatable bonds is 5. The minimum atomic E-state index is -0.480. The first-order chi connectivity index (χ1) is 10.6. The summed E-state index contributed by atoms with van der Waals surface area (Å²) in [5, 5.41) is 21.1. The molecule has 0 atom stereocenters. The number of carbonyl (C=O) groups is 1. The number of carbonyl (C=O) groups excluding carboxylic acids is 1. The molecule has 1 aromatic carbocycles. The topological polar surface area (TPSA) is 138 Å². The highest BCUT2D eigenvalue weighted by molar-refractivity contribution is 7.98. The smallest absolute Gasteiger partial charge is 0.248 e. The molecule has 0 saturated heterocycles. The van der Waals surface area contributed by atoms with Gasteiger partial charge in [0.05, 0.1) is 11.4 Å². The molecule has 0 aliphatic rings. The molecule has 0 unspecified atom stereocenters. The molecule has 4 N–H and O–H groups in total. The molecular weight excluding hydrogens is 324 g/mol. The Kier molecular flexibility index (Phi) is 3.98. The molecule has 0 saturated carbocycles. The Labute approximate surface area is 132 Å². The SMILES string of the molecule is NC(=O)c1ccc(-n2nnnc2SCc2nnc(N)s2)cc1. The maximum absolute atomic E-state index is 11.1. The van der Waals surface area contributed by atoms with E-state index in [9.17, 15) is 4.79 Å². The summed E-state index contributed by atoms with van der Waals surface area (Å²) in [5.41, 5.74) is 11.9. The quantitative estimate of drug-likeness (QED) is 0.643. The van der Waals surface area contributed by atoms with Crippen molar-refractivity contribution in [1.29, 1.82) is 0 Å². The number of amides is 1. The van der Waals surface area contributed by atoms with Gasteiger partial charge in [-0.3, -0.25) is 4.79 Å². The van der Waals surface area contributed by atoms with Gasteiger partial charge in [0.2, 0.25) is 16.2 Å². The molecule has 112 valence electrons. The summed E-state index contributed by atoms with van der Waals surface area (Å²) < 4.78 is 1.57. The molecule has 1 amide bonds. The molecule has 0 bridgehead atoms. The van der Waals surface area contributed by atoms with E-state index >= 15 is 0 Å². The van der Waals surface area contributed by atoms with Gasteiger partial charge in [-0.1, -0.05) is 23.1 Å². The molecule has 11 heteroatoms. The third kappa shape index (κ3) is 3.04. The maximum Gasteiger partial charge on any atom is 0.248 e. The number of benzene rings is 1. The van der Waals surface area contributed by atoms with Crippen molar-refractivity contribution < 1.29 is 4.79 Å². The summed E-state index contributed by atoms with van der Waals surface area (Å²) in [6.45, 7) is 0. The largest absolute Gasteiger partial charge is 0.374 e. The number of hydrogen-bond acceptors (Lipinski definition) is 9. The second-order valence-corrected chi connectivity index (χ2v) is 6.14. The van der Waals surface area contributed by atoms with Crippen LogP contribution < -0.4 is 11.5 Å². The van der Waals surface area contributed by atoms with Crippen molar-refractivity contribution in [2.24, 2.45) is 5.73 Å². The monoisotopic (exact) mass is 334 g/mol. The van der Waals surface area contributed by atoms with Crippen LogP contribution in [0, 0.1) is 0 Å². The number of aromatic nitrogens is 6. The number of nitrogens with zero attached hydrogens (tertiary/aromatic N) is 6. The van der Waals surface area contributed by atoms with E-state index in [-0.39, 0.29) is 0 Å². The van der Waals surface area contributed by atoms with Gasteiger partial charge in [-0.25, -0.2) is 0 Å². The van der Waals surface area contributed by atoms with Crippen molar-refractivity contribution in [1.82, 2.24) is 30.4 Å². The predicted molar refractivity (Wildman–Crippen MR) is 81.6 cm³/mol. The molecule has 0 fully saturated rings. The molecule has 3 aromatic rings. The number of nitrogens with two attached hydrogens (primary N) is 2. The number of anilines is 1. The summed E-state index contributed by atoms with van der Waals surface area (Å²) in [6.07, 6.45) is 0. The van der Waals surface area contributed by atoms with Gasteiger partial charge in [-0.05, 0) is 34.7 Å². The van der Waals surface area contributed by atoms with Crippen LogP contribution in [0.5, 0.6) is 0 Å². The molecule has 0 aliphatic heterocycles. The van der Waals surface area contributed by atoms with Crippen molar-refractivity contribution in [2.45, 2.75) is 10.9 Å².